The van der Waals surface area contributed by atoms with Crippen molar-refractivity contribution in [2.45, 2.75) is 65.1 Å². The van der Waals surface area contributed by atoms with E-state index in [-0.39, 0.29) is 6.61 Å². The maximum absolute atomic E-state index is 8.84. The molecule has 0 fully saturated rings. The van der Waals surface area contributed by atoms with Gasteiger partial charge in [-0.3, -0.25) is 4.68 Å². The first-order valence-electron chi connectivity index (χ1n) is 7.15. The van der Waals surface area contributed by atoms with Crippen LogP contribution in [0.25, 0.3) is 0 Å². The lowest BCUT2D eigenvalue weighted by Gasteiger charge is -2.17. The number of unbranched alkanes of at least 4 members (excludes halogenated alkanes) is 1. The second-order valence-electron chi connectivity index (χ2n) is 4.84. The summed E-state index contributed by atoms with van der Waals surface area (Å²) in [6.07, 6.45) is 10.2. The van der Waals surface area contributed by atoms with Crippen molar-refractivity contribution in [3.05, 3.63) is 18.0 Å². The molecule has 4 heteroatoms. The zero-order valence-corrected chi connectivity index (χ0v) is 11.7. The molecule has 0 aliphatic carbocycles. The topological polar surface area (TPSA) is 50.1 Å². The van der Waals surface area contributed by atoms with Crippen molar-refractivity contribution in [3.8, 4) is 0 Å². The minimum atomic E-state index is 0.142. The van der Waals surface area contributed by atoms with E-state index in [1.165, 1.54) is 37.7 Å². The van der Waals surface area contributed by atoms with Gasteiger partial charge in [0, 0.05) is 24.3 Å². The van der Waals surface area contributed by atoms with Crippen LogP contribution in [0.4, 0.5) is 0 Å². The minimum absolute atomic E-state index is 0.142. The quantitative estimate of drug-likeness (QED) is 0.673. The van der Waals surface area contributed by atoms with Gasteiger partial charge in [0.1, 0.15) is 0 Å². The van der Waals surface area contributed by atoms with Crippen molar-refractivity contribution in [2.24, 2.45) is 0 Å². The van der Waals surface area contributed by atoms with Crippen LogP contribution in [0.1, 0.15) is 51.5 Å². The molecule has 0 spiro atoms. The van der Waals surface area contributed by atoms with Crippen molar-refractivity contribution in [2.75, 3.05) is 6.61 Å². The van der Waals surface area contributed by atoms with E-state index >= 15 is 0 Å². The maximum Gasteiger partial charge on any atom is 0.0640 e. The number of nitrogens with zero attached hydrogens (tertiary/aromatic N) is 2. The Morgan fingerprint density at radius 1 is 1.33 bits per heavy atom. The van der Waals surface area contributed by atoms with Crippen LogP contribution >= 0.6 is 0 Å². The summed E-state index contributed by atoms with van der Waals surface area (Å²) >= 11 is 0. The highest BCUT2D eigenvalue weighted by molar-refractivity contribution is 5.03. The zero-order chi connectivity index (χ0) is 13.2. The summed E-state index contributed by atoms with van der Waals surface area (Å²) < 4.78 is 1.79. The van der Waals surface area contributed by atoms with E-state index in [9.17, 15) is 0 Å². The van der Waals surface area contributed by atoms with E-state index in [4.69, 9.17) is 5.11 Å². The molecule has 104 valence electrons. The van der Waals surface area contributed by atoms with Crippen LogP contribution in [0.15, 0.2) is 12.4 Å². The van der Waals surface area contributed by atoms with Crippen LogP contribution in [0.2, 0.25) is 0 Å². The number of aliphatic hydroxyl groups is 1. The molecule has 0 aromatic carbocycles. The van der Waals surface area contributed by atoms with Crippen LogP contribution in [-0.2, 0) is 13.1 Å². The summed E-state index contributed by atoms with van der Waals surface area (Å²) in [5.41, 5.74) is 1.20. The monoisotopic (exact) mass is 253 g/mol. The van der Waals surface area contributed by atoms with E-state index in [1.54, 1.807) is 4.68 Å². The molecular weight excluding hydrogens is 226 g/mol. The first kappa shape index (κ1) is 15.2. The van der Waals surface area contributed by atoms with Gasteiger partial charge in [-0.05, 0) is 12.8 Å². The van der Waals surface area contributed by atoms with E-state index in [0.717, 1.165) is 6.54 Å². The van der Waals surface area contributed by atoms with Gasteiger partial charge >= 0.3 is 0 Å². The number of hydrogen-bond acceptors (Lipinski definition) is 3. The molecule has 0 saturated carbocycles. The molecule has 0 aliphatic rings. The second kappa shape index (κ2) is 9.11. The number of aromatic nitrogens is 2. The molecule has 0 radical (unpaired) electrons. The number of rotatable bonds is 10. The van der Waals surface area contributed by atoms with Gasteiger partial charge in [0.25, 0.3) is 0 Å². The normalized spacial score (nSPS) is 12.8. The summed E-state index contributed by atoms with van der Waals surface area (Å²) in [5.74, 6) is 0. The minimum Gasteiger partial charge on any atom is -0.394 e. The van der Waals surface area contributed by atoms with Crippen molar-refractivity contribution in [1.29, 1.82) is 0 Å². The van der Waals surface area contributed by atoms with Gasteiger partial charge in [-0.15, -0.1) is 0 Å². The fourth-order valence-corrected chi connectivity index (χ4v) is 2.13. The summed E-state index contributed by atoms with van der Waals surface area (Å²) in [4.78, 5) is 0. The molecule has 0 aliphatic heterocycles. The average molecular weight is 253 g/mol. The first-order chi connectivity index (χ1) is 8.80. The van der Waals surface area contributed by atoms with Gasteiger partial charge in [0.05, 0.1) is 19.3 Å². The third-order valence-electron chi connectivity index (χ3n) is 3.15. The van der Waals surface area contributed by atoms with Gasteiger partial charge in [-0.1, -0.05) is 33.1 Å². The third-order valence-corrected chi connectivity index (χ3v) is 3.15. The Bertz CT molecular complexity index is 312. The van der Waals surface area contributed by atoms with Gasteiger partial charge < -0.3 is 10.4 Å². The van der Waals surface area contributed by atoms with E-state index < -0.39 is 0 Å². The standard InChI is InChI=1S/C14H27N3O/c1-3-5-7-14(6-4-2)15-10-13-11-16-17(12-13)8-9-18/h11-12,14-15,18H,3-10H2,1-2H3. The molecule has 18 heavy (non-hydrogen) atoms. The van der Waals surface area contributed by atoms with Gasteiger partial charge in [0.15, 0.2) is 0 Å². The van der Waals surface area contributed by atoms with Crippen molar-refractivity contribution in [3.63, 3.8) is 0 Å². The Labute approximate surface area is 110 Å². The molecular formula is C14H27N3O. The smallest absolute Gasteiger partial charge is 0.0640 e. The van der Waals surface area contributed by atoms with Crippen LogP contribution < -0.4 is 5.32 Å². The Morgan fingerprint density at radius 3 is 2.83 bits per heavy atom. The summed E-state index contributed by atoms with van der Waals surface area (Å²) in [7, 11) is 0. The summed E-state index contributed by atoms with van der Waals surface area (Å²) in [6.45, 7) is 6.07. The van der Waals surface area contributed by atoms with Crippen molar-refractivity contribution >= 4 is 0 Å². The highest BCUT2D eigenvalue weighted by Crippen LogP contribution is 2.08. The van der Waals surface area contributed by atoms with E-state index in [1.807, 2.05) is 12.4 Å². The second-order valence-corrected chi connectivity index (χ2v) is 4.84. The van der Waals surface area contributed by atoms with Crippen LogP contribution in [0.5, 0.6) is 0 Å². The molecule has 1 aromatic heterocycles. The van der Waals surface area contributed by atoms with Gasteiger partial charge in [-0.25, -0.2) is 0 Å². The molecule has 0 saturated heterocycles. The first-order valence-corrected chi connectivity index (χ1v) is 7.15. The fourth-order valence-electron chi connectivity index (χ4n) is 2.13. The van der Waals surface area contributed by atoms with Gasteiger partial charge in [-0.2, -0.15) is 5.10 Å². The molecule has 1 rings (SSSR count). The highest BCUT2D eigenvalue weighted by atomic mass is 16.3. The number of hydrogen-bond donors (Lipinski definition) is 2. The molecule has 1 unspecified atom stereocenters. The molecule has 0 bridgehead atoms. The predicted octanol–water partition coefficient (Wildman–Crippen LogP) is 2.32. The Balaban J connectivity index is 2.34. The summed E-state index contributed by atoms with van der Waals surface area (Å²) in [6, 6.07) is 0.621. The number of nitrogens with one attached hydrogen (secondary N) is 1. The lowest BCUT2D eigenvalue weighted by Crippen LogP contribution is -2.28. The molecule has 2 N–H and O–H groups in total. The Hall–Kier alpha value is -0.870. The van der Waals surface area contributed by atoms with Crippen molar-refractivity contribution in [1.82, 2.24) is 15.1 Å². The maximum atomic E-state index is 8.84. The van der Waals surface area contributed by atoms with E-state index in [2.05, 4.69) is 24.3 Å². The molecule has 1 heterocycles. The lowest BCUT2D eigenvalue weighted by molar-refractivity contribution is 0.269. The summed E-state index contributed by atoms with van der Waals surface area (Å²) in [5, 5.41) is 16.7. The largest absolute Gasteiger partial charge is 0.394 e. The van der Waals surface area contributed by atoms with Crippen molar-refractivity contribution < 1.29 is 5.11 Å². The van der Waals surface area contributed by atoms with Crippen LogP contribution in [0.3, 0.4) is 0 Å². The highest BCUT2D eigenvalue weighted by Gasteiger charge is 2.07. The average Bonchev–Trinajstić information content (AvgIpc) is 2.81. The van der Waals surface area contributed by atoms with Crippen LogP contribution in [-0.4, -0.2) is 27.5 Å². The fraction of sp³-hybridized carbons (Fsp3) is 0.786. The number of aliphatic hydroxyl groups excluding tert-OH is 1. The third kappa shape index (κ3) is 5.65. The SMILES string of the molecule is CCCCC(CCC)NCc1cnn(CCO)c1. The molecule has 1 aromatic rings. The van der Waals surface area contributed by atoms with Gasteiger partial charge in [0.2, 0.25) is 0 Å². The molecule has 0 amide bonds. The zero-order valence-electron chi connectivity index (χ0n) is 11.7. The van der Waals surface area contributed by atoms with Crippen LogP contribution in [0, 0.1) is 0 Å². The Kier molecular flexibility index (Phi) is 7.69. The Morgan fingerprint density at radius 2 is 2.17 bits per heavy atom. The van der Waals surface area contributed by atoms with E-state index in [0.29, 0.717) is 12.6 Å². The molecule has 1 atom stereocenters. The molecule has 4 nitrogen and oxygen atoms in total. The predicted molar refractivity (Wildman–Crippen MR) is 74.4 cm³/mol. The lowest BCUT2D eigenvalue weighted by atomic mass is 10.1.